The zero-order valence-electron chi connectivity index (χ0n) is 7.85. The Bertz CT molecular complexity index is 875. The molecule has 0 unspecified atom stereocenters. The highest BCUT2D eigenvalue weighted by Gasteiger charge is 2.15. The quantitative estimate of drug-likeness (QED) is 0.474. The topological polar surface area (TPSA) is 30.2 Å². The second-order valence-corrected chi connectivity index (χ2v) is 6.31. The standard InChI is InChI=1S/C11H4O2S3/c12-11-7-9-6(2-4-15-9)16-10(7)8-5(13-11)1-3-14-8/h1-4H. The van der Waals surface area contributed by atoms with Crippen LogP contribution in [0.4, 0.5) is 0 Å². The zero-order valence-corrected chi connectivity index (χ0v) is 10.3. The molecule has 0 amide bonds. The van der Waals surface area contributed by atoms with Crippen molar-refractivity contribution in [2.45, 2.75) is 0 Å². The van der Waals surface area contributed by atoms with E-state index in [0.717, 1.165) is 19.5 Å². The van der Waals surface area contributed by atoms with Crippen molar-refractivity contribution < 1.29 is 4.42 Å². The maximum atomic E-state index is 11.9. The summed E-state index contributed by atoms with van der Waals surface area (Å²) in [7, 11) is 0. The van der Waals surface area contributed by atoms with Crippen molar-refractivity contribution >= 4 is 63.8 Å². The van der Waals surface area contributed by atoms with Gasteiger partial charge >= 0.3 is 5.63 Å². The van der Waals surface area contributed by atoms with Gasteiger partial charge in [-0.05, 0) is 22.9 Å². The summed E-state index contributed by atoms with van der Waals surface area (Å²) in [6.07, 6.45) is 0. The fourth-order valence-corrected chi connectivity index (χ4v) is 5.18. The van der Waals surface area contributed by atoms with E-state index in [1.165, 1.54) is 4.70 Å². The van der Waals surface area contributed by atoms with Crippen LogP contribution in [0.15, 0.2) is 32.1 Å². The summed E-state index contributed by atoms with van der Waals surface area (Å²) in [5, 5.41) is 4.73. The molecule has 0 aliphatic heterocycles. The van der Waals surface area contributed by atoms with Gasteiger partial charge in [-0.2, -0.15) is 0 Å². The first kappa shape index (κ1) is 8.92. The molecular weight excluding hydrogens is 260 g/mol. The van der Waals surface area contributed by atoms with Crippen LogP contribution >= 0.6 is 34.0 Å². The monoisotopic (exact) mass is 264 g/mol. The third kappa shape index (κ3) is 0.979. The Morgan fingerprint density at radius 2 is 1.81 bits per heavy atom. The Morgan fingerprint density at radius 3 is 2.75 bits per heavy atom. The van der Waals surface area contributed by atoms with Gasteiger partial charge in [0.2, 0.25) is 0 Å². The van der Waals surface area contributed by atoms with E-state index in [1.54, 1.807) is 34.0 Å². The molecule has 0 bridgehead atoms. The van der Waals surface area contributed by atoms with Gasteiger partial charge in [-0.15, -0.1) is 34.0 Å². The van der Waals surface area contributed by atoms with Crippen molar-refractivity contribution in [1.29, 1.82) is 0 Å². The average molecular weight is 264 g/mol. The number of hydrogen-bond donors (Lipinski definition) is 0. The van der Waals surface area contributed by atoms with Gasteiger partial charge < -0.3 is 4.42 Å². The van der Waals surface area contributed by atoms with E-state index in [4.69, 9.17) is 4.42 Å². The van der Waals surface area contributed by atoms with Crippen molar-refractivity contribution in [3.8, 4) is 0 Å². The lowest BCUT2D eigenvalue weighted by Crippen LogP contribution is -1.95. The molecule has 0 radical (unpaired) electrons. The number of rotatable bonds is 0. The number of hydrogen-bond acceptors (Lipinski definition) is 5. The van der Waals surface area contributed by atoms with E-state index < -0.39 is 0 Å². The van der Waals surface area contributed by atoms with Crippen LogP contribution in [0.25, 0.3) is 29.8 Å². The molecule has 4 aromatic heterocycles. The molecule has 2 nitrogen and oxygen atoms in total. The average Bonchev–Trinajstić information content (AvgIpc) is 2.86. The molecule has 4 heterocycles. The Labute approximate surface area is 101 Å². The van der Waals surface area contributed by atoms with Crippen LogP contribution in [-0.4, -0.2) is 0 Å². The molecule has 4 aromatic rings. The maximum Gasteiger partial charge on any atom is 0.346 e. The minimum atomic E-state index is -0.213. The highest BCUT2D eigenvalue weighted by molar-refractivity contribution is 7.34. The molecule has 0 saturated heterocycles. The van der Waals surface area contributed by atoms with Gasteiger partial charge in [0.15, 0.2) is 5.58 Å². The molecule has 0 spiro atoms. The molecule has 0 saturated carbocycles. The molecule has 0 fully saturated rings. The molecule has 0 N–H and O–H groups in total. The highest BCUT2D eigenvalue weighted by Crippen LogP contribution is 2.40. The summed E-state index contributed by atoms with van der Waals surface area (Å²) in [4.78, 5) is 11.9. The van der Waals surface area contributed by atoms with Crippen molar-refractivity contribution in [3.05, 3.63) is 33.3 Å². The SMILES string of the molecule is O=c1oc2ccsc2c2sc3ccsc3c12. The fraction of sp³-hybridized carbons (Fsp3) is 0. The van der Waals surface area contributed by atoms with Crippen molar-refractivity contribution in [2.24, 2.45) is 0 Å². The van der Waals surface area contributed by atoms with Crippen LogP contribution in [0.1, 0.15) is 0 Å². The summed E-state index contributed by atoms with van der Waals surface area (Å²) in [6, 6.07) is 3.91. The van der Waals surface area contributed by atoms with Crippen LogP contribution in [-0.2, 0) is 0 Å². The van der Waals surface area contributed by atoms with Gasteiger partial charge in [0.1, 0.15) is 0 Å². The second-order valence-electron chi connectivity index (χ2n) is 3.42. The van der Waals surface area contributed by atoms with Gasteiger partial charge in [0, 0.05) is 4.70 Å². The molecule has 0 atom stereocenters. The van der Waals surface area contributed by atoms with Crippen molar-refractivity contribution in [1.82, 2.24) is 0 Å². The van der Waals surface area contributed by atoms with Crippen LogP contribution < -0.4 is 5.63 Å². The summed E-state index contributed by atoms with van der Waals surface area (Å²) < 4.78 is 9.71. The van der Waals surface area contributed by atoms with E-state index in [2.05, 4.69) is 6.07 Å². The predicted molar refractivity (Wildman–Crippen MR) is 71.1 cm³/mol. The fourth-order valence-electron chi connectivity index (χ4n) is 1.86. The summed E-state index contributed by atoms with van der Waals surface area (Å²) >= 11 is 4.91. The van der Waals surface area contributed by atoms with E-state index in [9.17, 15) is 4.79 Å². The third-order valence-corrected chi connectivity index (χ3v) is 5.81. The predicted octanol–water partition coefficient (Wildman–Crippen LogP) is 4.28. The first-order chi connectivity index (χ1) is 7.84. The molecule has 78 valence electrons. The molecule has 0 aromatic carbocycles. The molecular formula is C11H4O2S3. The largest absolute Gasteiger partial charge is 0.421 e. The smallest absolute Gasteiger partial charge is 0.346 e. The summed E-state index contributed by atoms with van der Waals surface area (Å²) in [5.41, 5.74) is 0.492. The minimum absolute atomic E-state index is 0.213. The van der Waals surface area contributed by atoms with E-state index >= 15 is 0 Å². The van der Waals surface area contributed by atoms with Crippen molar-refractivity contribution in [3.63, 3.8) is 0 Å². The van der Waals surface area contributed by atoms with Gasteiger partial charge in [0.25, 0.3) is 0 Å². The second kappa shape index (κ2) is 2.94. The van der Waals surface area contributed by atoms with E-state index in [-0.39, 0.29) is 5.63 Å². The number of fused-ring (bicyclic) bond motifs is 5. The Kier molecular flexibility index (Phi) is 1.64. The molecule has 0 aliphatic carbocycles. The Balaban J connectivity index is 2.49. The summed E-state index contributed by atoms with van der Waals surface area (Å²) in [5.74, 6) is 0. The molecule has 4 rings (SSSR count). The zero-order chi connectivity index (χ0) is 10.7. The van der Waals surface area contributed by atoms with E-state index in [1.807, 2.05) is 16.8 Å². The van der Waals surface area contributed by atoms with Gasteiger partial charge in [0.05, 0.1) is 19.5 Å². The highest BCUT2D eigenvalue weighted by atomic mass is 32.1. The maximum absolute atomic E-state index is 11.9. The lowest BCUT2D eigenvalue weighted by molar-refractivity contribution is 0.571. The lowest BCUT2D eigenvalue weighted by atomic mass is 10.3. The molecule has 5 heteroatoms. The molecule has 16 heavy (non-hydrogen) atoms. The van der Waals surface area contributed by atoms with Crippen LogP contribution in [0, 0.1) is 0 Å². The lowest BCUT2D eigenvalue weighted by Gasteiger charge is -1.90. The van der Waals surface area contributed by atoms with Gasteiger partial charge in [-0.1, -0.05) is 0 Å². The Morgan fingerprint density at radius 1 is 1.00 bits per heavy atom. The van der Waals surface area contributed by atoms with Crippen LogP contribution in [0.5, 0.6) is 0 Å². The normalized spacial score (nSPS) is 12.0. The van der Waals surface area contributed by atoms with Gasteiger partial charge in [-0.25, -0.2) is 4.79 Å². The first-order valence-electron chi connectivity index (χ1n) is 4.64. The van der Waals surface area contributed by atoms with Crippen LogP contribution in [0.2, 0.25) is 0 Å². The first-order valence-corrected chi connectivity index (χ1v) is 7.22. The third-order valence-electron chi connectivity index (χ3n) is 2.54. The van der Waals surface area contributed by atoms with Crippen LogP contribution in [0.3, 0.4) is 0 Å². The van der Waals surface area contributed by atoms with E-state index in [0.29, 0.717) is 5.58 Å². The van der Waals surface area contributed by atoms with Crippen molar-refractivity contribution in [2.75, 3.05) is 0 Å². The Hall–Kier alpha value is -1.17. The number of thiophene rings is 3. The summed E-state index contributed by atoms with van der Waals surface area (Å²) in [6.45, 7) is 0. The minimum Gasteiger partial charge on any atom is -0.421 e. The molecule has 0 aliphatic rings. The van der Waals surface area contributed by atoms with Gasteiger partial charge in [-0.3, -0.25) is 0 Å².